The number of esters is 1. The van der Waals surface area contributed by atoms with Crippen molar-refractivity contribution in [3.8, 4) is 0 Å². The molecule has 1 N–H and O–H groups in total. The van der Waals surface area contributed by atoms with Gasteiger partial charge in [0.05, 0.1) is 25.9 Å². The molecule has 0 fully saturated rings. The van der Waals surface area contributed by atoms with Crippen LogP contribution in [0.4, 0.5) is 0 Å². The molecule has 0 aliphatic heterocycles. The van der Waals surface area contributed by atoms with Crippen molar-refractivity contribution in [2.45, 2.75) is 207 Å². The van der Waals surface area contributed by atoms with Gasteiger partial charge in [0.1, 0.15) is 0 Å². The highest BCUT2D eigenvalue weighted by Gasteiger charge is 2.15. The molecule has 282 valence electrons. The summed E-state index contributed by atoms with van der Waals surface area (Å²) in [6.07, 6.45) is 34.3. The van der Waals surface area contributed by atoms with E-state index < -0.39 is 0 Å². The zero-order valence-electron chi connectivity index (χ0n) is 32.1. The average Bonchev–Trinajstić information content (AvgIpc) is 3.07. The Labute approximate surface area is 293 Å². The summed E-state index contributed by atoms with van der Waals surface area (Å²) in [5.41, 5.74) is 0. The quantitative estimate of drug-likeness (QED) is 0.0517. The smallest absolute Gasteiger partial charge is 0.305 e. The molecule has 0 bridgehead atoms. The predicted molar refractivity (Wildman–Crippen MR) is 201 cm³/mol. The third-order valence-electron chi connectivity index (χ3n) is 9.29. The van der Waals surface area contributed by atoms with Crippen molar-refractivity contribution in [1.82, 2.24) is 4.90 Å². The molecule has 1 unspecified atom stereocenters. The fraction of sp³-hybridized carbons (Fsp3) is 0.976. The summed E-state index contributed by atoms with van der Waals surface area (Å²) in [6.45, 7) is 12.1. The predicted octanol–water partition coefficient (Wildman–Crippen LogP) is 11.2. The maximum atomic E-state index is 12.2. The van der Waals surface area contributed by atoms with Crippen LogP contribution in [-0.4, -0.2) is 74.7 Å². The maximum Gasteiger partial charge on any atom is 0.305 e. The van der Waals surface area contributed by atoms with Crippen molar-refractivity contribution < 1.29 is 24.1 Å². The molecule has 0 aromatic rings. The fourth-order valence-electron chi connectivity index (χ4n) is 6.19. The second-order valence-corrected chi connectivity index (χ2v) is 14.0. The van der Waals surface area contributed by atoms with Crippen molar-refractivity contribution in [2.75, 3.05) is 52.7 Å². The molecule has 6 heteroatoms. The number of hydrogen-bond acceptors (Lipinski definition) is 6. The minimum atomic E-state index is -0.0529. The van der Waals surface area contributed by atoms with Gasteiger partial charge in [-0.1, -0.05) is 162 Å². The van der Waals surface area contributed by atoms with Gasteiger partial charge in [0, 0.05) is 32.7 Å². The minimum Gasteiger partial charge on any atom is -0.466 e. The van der Waals surface area contributed by atoms with Crippen LogP contribution in [0, 0.1) is 0 Å². The minimum absolute atomic E-state index is 0.0339. The molecule has 0 spiro atoms. The number of aliphatic hydroxyl groups excluding tert-OH is 1. The van der Waals surface area contributed by atoms with E-state index in [0.717, 1.165) is 71.2 Å². The summed E-state index contributed by atoms with van der Waals surface area (Å²) < 4.78 is 18.0. The number of hydrogen-bond donors (Lipinski definition) is 1. The summed E-state index contributed by atoms with van der Waals surface area (Å²) in [7, 11) is 0. The van der Waals surface area contributed by atoms with Crippen LogP contribution in [0.15, 0.2) is 0 Å². The lowest BCUT2D eigenvalue weighted by atomic mass is 10.1. The normalized spacial score (nSPS) is 12.3. The van der Waals surface area contributed by atoms with Crippen LogP contribution in [0.3, 0.4) is 0 Å². The van der Waals surface area contributed by atoms with Gasteiger partial charge in [0.15, 0.2) is 0 Å². The van der Waals surface area contributed by atoms with Crippen LogP contribution >= 0.6 is 0 Å². The van der Waals surface area contributed by atoms with E-state index in [2.05, 4.69) is 25.7 Å². The number of unbranched alkanes of at least 4 members (excludes halogenated alkanes) is 23. The van der Waals surface area contributed by atoms with Gasteiger partial charge in [-0.25, -0.2) is 0 Å². The van der Waals surface area contributed by atoms with Crippen LogP contribution in [-0.2, 0) is 19.0 Å². The third-order valence-corrected chi connectivity index (χ3v) is 9.29. The van der Waals surface area contributed by atoms with Crippen molar-refractivity contribution in [2.24, 2.45) is 0 Å². The number of ether oxygens (including phenoxy) is 3. The van der Waals surface area contributed by atoms with Gasteiger partial charge >= 0.3 is 5.97 Å². The Bertz CT molecular complexity index is 604. The van der Waals surface area contributed by atoms with E-state index in [-0.39, 0.29) is 18.7 Å². The van der Waals surface area contributed by atoms with Gasteiger partial charge in [-0.2, -0.15) is 0 Å². The van der Waals surface area contributed by atoms with Gasteiger partial charge in [-0.05, 0) is 38.6 Å². The lowest BCUT2D eigenvalue weighted by Gasteiger charge is -2.27. The number of carbonyl (C=O) groups is 1. The number of carbonyl (C=O) groups excluding carboxylic acids is 1. The lowest BCUT2D eigenvalue weighted by Crippen LogP contribution is -2.39. The maximum absolute atomic E-state index is 12.2. The molecule has 0 aliphatic carbocycles. The monoisotopic (exact) mass is 670 g/mol. The van der Waals surface area contributed by atoms with Gasteiger partial charge in [-0.15, -0.1) is 0 Å². The summed E-state index contributed by atoms with van der Waals surface area (Å²) >= 11 is 0. The Morgan fingerprint density at radius 2 is 0.979 bits per heavy atom. The highest BCUT2D eigenvalue weighted by atomic mass is 16.5. The Morgan fingerprint density at radius 3 is 1.49 bits per heavy atom. The van der Waals surface area contributed by atoms with Gasteiger partial charge in [0.2, 0.25) is 0 Å². The van der Waals surface area contributed by atoms with E-state index in [9.17, 15) is 9.90 Å². The van der Waals surface area contributed by atoms with Crippen LogP contribution in [0.2, 0.25) is 0 Å². The zero-order valence-corrected chi connectivity index (χ0v) is 32.1. The molecule has 0 saturated carbocycles. The summed E-state index contributed by atoms with van der Waals surface area (Å²) in [5, 5.41) is 9.74. The van der Waals surface area contributed by atoms with Crippen LogP contribution in [0.1, 0.15) is 201 Å². The molecule has 0 radical (unpaired) electrons. The highest BCUT2D eigenvalue weighted by Crippen LogP contribution is 2.12. The molecule has 47 heavy (non-hydrogen) atoms. The molecule has 0 aromatic heterocycles. The Hall–Kier alpha value is -0.690. The second kappa shape index (κ2) is 39.7. The molecule has 0 rings (SSSR count). The second-order valence-electron chi connectivity index (χ2n) is 14.0. The van der Waals surface area contributed by atoms with Crippen LogP contribution < -0.4 is 0 Å². The van der Waals surface area contributed by atoms with Gasteiger partial charge < -0.3 is 19.3 Å². The molecule has 0 saturated heterocycles. The number of nitrogens with zero attached hydrogens (tertiary/aromatic N) is 1. The third kappa shape index (κ3) is 36.4. The SMILES string of the molecule is CCCCCCCCCCCCOCC(CN(CCO)CCCCCC(=O)OCCCCCCCCCC)OCCCCCCCC. The van der Waals surface area contributed by atoms with Crippen molar-refractivity contribution in [1.29, 1.82) is 0 Å². The van der Waals surface area contributed by atoms with E-state index in [0.29, 0.717) is 26.2 Å². The largest absolute Gasteiger partial charge is 0.466 e. The molecule has 6 nitrogen and oxygen atoms in total. The molecule has 0 heterocycles. The van der Waals surface area contributed by atoms with Crippen molar-refractivity contribution >= 4 is 5.97 Å². The summed E-state index contributed by atoms with van der Waals surface area (Å²) in [4.78, 5) is 14.5. The van der Waals surface area contributed by atoms with E-state index in [1.54, 1.807) is 0 Å². The van der Waals surface area contributed by atoms with Gasteiger partial charge in [0.25, 0.3) is 0 Å². The number of rotatable bonds is 40. The molecular formula is C41H83NO5. The van der Waals surface area contributed by atoms with E-state index >= 15 is 0 Å². The zero-order chi connectivity index (χ0) is 34.3. The Morgan fingerprint density at radius 1 is 0.532 bits per heavy atom. The summed E-state index contributed by atoms with van der Waals surface area (Å²) in [5.74, 6) is -0.0529. The topological polar surface area (TPSA) is 68.2 Å². The van der Waals surface area contributed by atoms with E-state index in [1.807, 2.05) is 0 Å². The van der Waals surface area contributed by atoms with Gasteiger partial charge in [-0.3, -0.25) is 9.69 Å². The Balaban J connectivity index is 4.25. The molecule has 0 aliphatic rings. The lowest BCUT2D eigenvalue weighted by molar-refractivity contribution is -0.143. The van der Waals surface area contributed by atoms with Crippen LogP contribution in [0.5, 0.6) is 0 Å². The fourth-order valence-corrected chi connectivity index (χ4v) is 6.19. The van der Waals surface area contributed by atoms with E-state index in [1.165, 1.54) is 128 Å². The molecule has 0 amide bonds. The van der Waals surface area contributed by atoms with Crippen molar-refractivity contribution in [3.05, 3.63) is 0 Å². The molecule has 1 atom stereocenters. The first kappa shape index (κ1) is 46.3. The molecule has 0 aromatic carbocycles. The number of aliphatic hydroxyl groups is 1. The first-order valence-corrected chi connectivity index (χ1v) is 20.9. The molecular weight excluding hydrogens is 586 g/mol. The van der Waals surface area contributed by atoms with E-state index in [4.69, 9.17) is 14.2 Å². The first-order valence-electron chi connectivity index (χ1n) is 20.9. The first-order chi connectivity index (χ1) is 23.2. The standard InChI is InChI=1S/C41H83NO5/c1-4-7-10-13-16-18-19-20-22-28-35-45-39-40(46-36-29-23-15-12-9-6-3)38-42(33-34-43)32-27-25-26-31-41(44)47-37-30-24-21-17-14-11-8-5-2/h40,43H,4-39H2,1-3H3. The van der Waals surface area contributed by atoms with Crippen molar-refractivity contribution in [3.63, 3.8) is 0 Å². The summed E-state index contributed by atoms with van der Waals surface area (Å²) in [6, 6.07) is 0. The average molecular weight is 670 g/mol. The van der Waals surface area contributed by atoms with Crippen LogP contribution in [0.25, 0.3) is 0 Å². The highest BCUT2D eigenvalue weighted by molar-refractivity contribution is 5.69. The Kier molecular flexibility index (Phi) is 39.2.